The van der Waals surface area contributed by atoms with Crippen LogP contribution in [0, 0.1) is 27.7 Å². The van der Waals surface area contributed by atoms with E-state index in [-0.39, 0.29) is 0 Å². The van der Waals surface area contributed by atoms with Gasteiger partial charge in [-0.25, -0.2) is 0 Å². The van der Waals surface area contributed by atoms with Crippen molar-refractivity contribution >= 4 is 28.4 Å². The van der Waals surface area contributed by atoms with Gasteiger partial charge in [-0.3, -0.25) is 0 Å². The van der Waals surface area contributed by atoms with Crippen LogP contribution < -0.4 is 0 Å². The second-order valence-corrected chi connectivity index (χ2v) is 10.1. The van der Waals surface area contributed by atoms with E-state index < -0.39 is 0 Å². The summed E-state index contributed by atoms with van der Waals surface area (Å²) in [6.45, 7) is 18.8. The van der Waals surface area contributed by atoms with Crippen molar-refractivity contribution in [1.82, 2.24) is 0 Å². The van der Waals surface area contributed by atoms with Crippen LogP contribution in [-0.2, 0) is 23.3 Å². The van der Waals surface area contributed by atoms with Crippen LogP contribution in [0.25, 0.3) is 43.8 Å². The van der Waals surface area contributed by atoms with Gasteiger partial charge >= 0.3 is 30.2 Å². The first-order valence-electron chi connectivity index (χ1n) is 14.8. The maximum absolute atomic E-state index is 3.60. The summed E-state index contributed by atoms with van der Waals surface area (Å²) in [4.78, 5) is 0. The zero-order chi connectivity index (χ0) is 30.7. The summed E-state index contributed by atoms with van der Waals surface area (Å²) in [6, 6.07) is 43.1. The van der Waals surface area contributed by atoms with E-state index in [1.807, 2.05) is 0 Å². The molecular formula is C40H44SiZr-4. The van der Waals surface area contributed by atoms with Gasteiger partial charge in [0.2, 0.25) is 0 Å². The number of hydrogen-bond acceptors (Lipinski definition) is 0. The topological polar surface area (TPSA) is 0 Å². The quantitative estimate of drug-likeness (QED) is 0.132. The molecule has 0 fully saturated rings. The molecule has 0 aliphatic carbocycles. The van der Waals surface area contributed by atoms with E-state index in [4.69, 9.17) is 0 Å². The first-order chi connectivity index (χ1) is 20.5. The number of benzene rings is 4. The fourth-order valence-electron chi connectivity index (χ4n) is 4.51. The Kier molecular flexibility index (Phi) is 17.0. The molecule has 0 aliphatic rings. The molecule has 0 saturated heterocycles. The van der Waals surface area contributed by atoms with Gasteiger partial charge in [-0.15, -0.1) is 69.1 Å². The molecule has 0 aromatic heterocycles. The average Bonchev–Trinajstić information content (AvgIpc) is 3.64. The van der Waals surface area contributed by atoms with Crippen molar-refractivity contribution < 1.29 is 23.3 Å². The van der Waals surface area contributed by atoms with Gasteiger partial charge in [0, 0.05) is 0 Å². The van der Waals surface area contributed by atoms with Crippen molar-refractivity contribution in [3.05, 3.63) is 146 Å². The molecule has 6 rings (SSSR count). The molecule has 2 radical (unpaired) electrons. The second-order valence-electron chi connectivity index (χ2n) is 10.1. The van der Waals surface area contributed by atoms with Crippen LogP contribution in [0.1, 0.15) is 50.7 Å². The van der Waals surface area contributed by atoms with Gasteiger partial charge in [0.1, 0.15) is 0 Å². The van der Waals surface area contributed by atoms with Crippen molar-refractivity contribution in [2.75, 3.05) is 0 Å². The SMILES string of the molecule is Cc1cc2c(-c3ccccc3)cccc2[cH-]1.Cc1cc2c(-c3ccccc3)cccc2[cH-]1.[CH2-]CCC.[CH2-]CCC.[Si]=[Zr]. The van der Waals surface area contributed by atoms with Gasteiger partial charge in [0.15, 0.2) is 0 Å². The molecule has 0 atom stereocenters. The van der Waals surface area contributed by atoms with Crippen LogP contribution in [0.15, 0.2) is 121 Å². The molecule has 0 unspecified atom stereocenters. The number of rotatable bonds is 4. The normalized spacial score (nSPS) is 9.74. The van der Waals surface area contributed by atoms with Crippen LogP contribution >= 0.6 is 0 Å². The summed E-state index contributed by atoms with van der Waals surface area (Å²) >= 11 is 1.36. The monoisotopic (exact) mass is 642 g/mol. The minimum atomic E-state index is 1.07. The molecule has 0 nitrogen and oxygen atoms in total. The van der Waals surface area contributed by atoms with E-state index in [9.17, 15) is 0 Å². The zero-order valence-electron chi connectivity index (χ0n) is 25.8. The Morgan fingerprint density at radius 1 is 0.548 bits per heavy atom. The standard InChI is InChI=1S/2C16H13.2C4H9.Si.Zr/c2*1-12-10-14-8-5-9-15(16(14)11-12)13-6-3-2-4-7-13;2*1-3-4-2;;/h2*2-11H,1H3;2*1,3-4H2,2H3;;/q4*-1;;. The fraction of sp³-hybridized carbons (Fsp3) is 0.200. The Morgan fingerprint density at radius 3 is 1.19 bits per heavy atom. The molecule has 0 bridgehead atoms. The third-order valence-corrected chi connectivity index (χ3v) is 6.67. The van der Waals surface area contributed by atoms with Gasteiger partial charge < -0.3 is 13.8 Å². The Bertz CT molecular complexity index is 1430. The molecule has 0 amide bonds. The maximum atomic E-state index is 3.60. The van der Waals surface area contributed by atoms with Crippen LogP contribution in [-0.4, -0.2) is 6.88 Å². The summed E-state index contributed by atoms with van der Waals surface area (Å²) in [6.07, 6.45) is 4.56. The van der Waals surface area contributed by atoms with Crippen molar-refractivity contribution in [1.29, 1.82) is 0 Å². The Balaban J connectivity index is 0.000000225. The fourth-order valence-corrected chi connectivity index (χ4v) is 4.51. The average molecular weight is 644 g/mol. The molecule has 6 aromatic carbocycles. The molecule has 0 N–H and O–H groups in total. The molecule has 42 heavy (non-hydrogen) atoms. The van der Waals surface area contributed by atoms with Crippen molar-refractivity contribution in [2.24, 2.45) is 0 Å². The van der Waals surface area contributed by atoms with Crippen LogP contribution in [0.5, 0.6) is 0 Å². The predicted octanol–water partition coefficient (Wildman–Crippen LogP) is 11.9. The van der Waals surface area contributed by atoms with Crippen LogP contribution in [0.2, 0.25) is 0 Å². The van der Waals surface area contributed by atoms with E-state index in [2.05, 4.69) is 170 Å². The molecule has 0 aliphatic heterocycles. The molecule has 2 heteroatoms. The van der Waals surface area contributed by atoms with E-state index in [1.165, 1.54) is 91.1 Å². The number of unbranched alkanes of at least 4 members (excludes halogenated alkanes) is 2. The van der Waals surface area contributed by atoms with Crippen molar-refractivity contribution in [2.45, 2.75) is 53.4 Å². The van der Waals surface area contributed by atoms with Crippen molar-refractivity contribution in [3.8, 4) is 22.3 Å². The van der Waals surface area contributed by atoms with Crippen LogP contribution in [0.4, 0.5) is 0 Å². The summed E-state index contributed by atoms with van der Waals surface area (Å²) < 4.78 is 0. The molecule has 0 heterocycles. The summed E-state index contributed by atoms with van der Waals surface area (Å²) in [5.41, 5.74) is 7.89. The summed E-state index contributed by atoms with van der Waals surface area (Å²) in [7, 11) is 0. The number of aryl methyl sites for hydroxylation is 2. The molecule has 6 aromatic rings. The van der Waals surface area contributed by atoms with E-state index in [1.54, 1.807) is 0 Å². The Morgan fingerprint density at radius 2 is 0.881 bits per heavy atom. The number of fused-ring (bicyclic) bond motifs is 2. The predicted molar refractivity (Wildman–Crippen MR) is 186 cm³/mol. The molecule has 216 valence electrons. The molecular weight excluding hydrogens is 600 g/mol. The minimum absolute atomic E-state index is 1.07. The first-order valence-corrected chi connectivity index (χ1v) is 19.0. The number of hydrogen-bond donors (Lipinski definition) is 0. The second kappa shape index (κ2) is 20.2. The molecule has 0 spiro atoms. The van der Waals surface area contributed by atoms with E-state index >= 15 is 0 Å². The van der Waals surface area contributed by atoms with Gasteiger partial charge in [-0.1, -0.05) is 124 Å². The van der Waals surface area contributed by atoms with Crippen molar-refractivity contribution in [3.63, 3.8) is 0 Å². The van der Waals surface area contributed by atoms with E-state index in [0.29, 0.717) is 0 Å². The van der Waals surface area contributed by atoms with Gasteiger partial charge in [0.05, 0.1) is 0 Å². The Labute approximate surface area is 272 Å². The first kappa shape index (κ1) is 35.4. The summed E-state index contributed by atoms with van der Waals surface area (Å²) in [5, 5.41) is 5.37. The van der Waals surface area contributed by atoms with Gasteiger partial charge in [-0.05, 0) is 11.1 Å². The Hall–Kier alpha value is -2.80. The third kappa shape index (κ3) is 10.8. The summed E-state index contributed by atoms with van der Waals surface area (Å²) in [5.74, 6) is 0. The van der Waals surface area contributed by atoms with Crippen LogP contribution in [0.3, 0.4) is 0 Å². The van der Waals surface area contributed by atoms with E-state index in [0.717, 1.165) is 12.8 Å². The molecule has 0 saturated carbocycles. The zero-order valence-corrected chi connectivity index (χ0v) is 29.2. The van der Waals surface area contributed by atoms with Gasteiger partial charge in [-0.2, -0.15) is 25.0 Å². The third-order valence-electron chi connectivity index (χ3n) is 6.67. The van der Waals surface area contributed by atoms with Gasteiger partial charge in [0.25, 0.3) is 0 Å².